The van der Waals surface area contributed by atoms with Crippen LogP contribution in [0.5, 0.6) is 0 Å². The van der Waals surface area contributed by atoms with E-state index in [0.29, 0.717) is 6.04 Å². The van der Waals surface area contributed by atoms with E-state index in [4.69, 9.17) is 0 Å². The molecule has 1 fully saturated rings. The first-order chi connectivity index (χ1) is 7.66. The Labute approximate surface area is 97.7 Å². The molecule has 0 aromatic heterocycles. The van der Waals surface area contributed by atoms with Crippen molar-refractivity contribution in [1.29, 1.82) is 0 Å². The Morgan fingerprint density at radius 1 is 1.38 bits per heavy atom. The summed E-state index contributed by atoms with van der Waals surface area (Å²) in [7, 11) is 0. The van der Waals surface area contributed by atoms with Gasteiger partial charge in [0.15, 0.2) is 0 Å². The number of benzene rings is 1. The average molecular weight is 219 g/mol. The van der Waals surface area contributed by atoms with E-state index in [2.05, 4.69) is 43.4 Å². The maximum Gasteiger partial charge on any atom is 0.0693 e. The maximum atomic E-state index is 9.78. The van der Waals surface area contributed by atoms with E-state index in [-0.39, 0.29) is 12.1 Å². The Morgan fingerprint density at radius 2 is 2.19 bits per heavy atom. The van der Waals surface area contributed by atoms with Gasteiger partial charge in [-0.1, -0.05) is 29.8 Å². The molecule has 0 saturated heterocycles. The Hall–Kier alpha value is -0.860. The van der Waals surface area contributed by atoms with Crippen LogP contribution in [0.15, 0.2) is 24.3 Å². The molecule has 2 rings (SSSR count). The van der Waals surface area contributed by atoms with Crippen LogP contribution in [-0.4, -0.2) is 17.3 Å². The average Bonchev–Trinajstić information content (AvgIpc) is 2.64. The molecular weight excluding hydrogens is 198 g/mol. The molecule has 0 unspecified atom stereocenters. The molecule has 88 valence electrons. The van der Waals surface area contributed by atoms with Crippen molar-refractivity contribution >= 4 is 0 Å². The minimum atomic E-state index is -0.160. The molecule has 2 nitrogen and oxygen atoms in total. The molecule has 1 aliphatic carbocycles. The summed E-state index contributed by atoms with van der Waals surface area (Å²) < 4.78 is 0. The SMILES string of the molecule is Cc1cccc([C@@H](C)N[C@H]2CCC[C@@H]2O)c1. The third kappa shape index (κ3) is 2.63. The van der Waals surface area contributed by atoms with Crippen LogP contribution in [0.25, 0.3) is 0 Å². The lowest BCUT2D eigenvalue weighted by Gasteiger charge is -2.22. The predicted octanol–water partition coefficient (Wildman–Crippen LogP) is 2.56. The van der Waals surface area contributed by atoms with Gasteiger partial charge in [-0.3, -0.25) is 0 Å². The molecule has 1 saturated carbocycles. The summed E-state index contributed by atoms with van der Waals surface area (Å²) >= 11 is 0. The van der Waals surface area contributed by atoms with Crippen molar-refractivity contribution in [1.82, 2.24) is 5.32 Å². The number of hydrogen-bond donors (Lipinski definition) is 2. The number of aryl methyl sites for hydroxylation is 1. The monoisotopic (exact) mass is 219 g/mol. The Kier molecular flexibility index (Phi) is 3.62. The molecule has 0 aliphatic heterocycles. The minimum absolute atomic E-state index is 0.160. The normalized spacial score (nSPS) is 26.9. The van der Waals surface area contributed by atoms with Crippen molar-refractivity contribution in [2.45, 2.75) is 51.3 Å². The summed E-state index contributed by atoms with van der Waals surface area (Å²) in [6.07, 6.45) is 3.02. The smallest absolute Gasteiger partial charge is 0.0693 e. The predicted molar refractivity (Wildman–Crippen MR) is 66.4 cm³/mol. The Morgan fingerprint density at radius 3 is 2.81 bits per heavy atom. The summed E-state index contributed by atoms with van der Waals surface area (Å²) in [6.45, 7) is 4.28. The van der Waals surface area contributed by atoms with Gasteiger partial charge in [0.25, 0.3) is 0 Å². The summed E-state index contributed by atoms with van der Waals surface area (Å²) in [5.41, 5.74) is 2.59. The number of hydrogen-bond acceptors (Lipinski definition) is 2. The van der Waals surface area contributed by atoms with Gasteiger partial charge in [0.2, 0.25) is 0 Å². The summed E-state index contributed by atoms with van der Waals surface area (Å²) in [5, 5.41) is 13.3. The largest absolute Gasteiger partial charge is 0.392 e. The van der Waals surface area contributed by atoms with Crippen LogP contribution < -0.4 is 5.32 Å². The molecule has 1 aromatic carbocycles. The zero-order chi connectivity index (χ0) is 11.5. The lowest BCUT2D eigenvalue weighted by atomic mass is 10.0. The molecule has 0 heterocycles. The number of aliphatic hydroxyl groups is 1. The van der Waals surface area contributed by atoms with Gasteiger partial charge in [-0.25, -0.2) is 0 Å². The van der Waals surface area contributed by atoms with Crippen molar-refractivity contribution in [2.24, 2.45) is 0 Å². The zero-order valence-electron chi connectivity index (χ0n) is 10.1. The van der Waals surface area contributed by atoms with E-state index in [1.807, 2.05) is 0 Å². The van der Waals surface area contributed by atoms with E-state index in [1.54, 1.807) is 0 Å². The summed E-state index contributed by atoms with van der Waals surface area (Å²) in [6, 6.07) is 9.15. The lowest BCUT2D eigenvalue weighted by molar-refractivity contribution is 0.144. The van der Waals surface area contributed by atoms with Gasteiger partial charge in [-0.05, 0) is 38.7 Å². The highest BCUT2D eigenvalue weighted by Gasteiger charge is 2.26. The van der Waals surface area contributed by atoms with Crippen LogP contribution in [0, 0.1) is 6.92 Å². The first-order valence-electron chi connectivity index (χ1n) is 6.17. The van der Waals surface area contributed by atoms with Gasteiger partial charge in [-0.15, -0.1) is 0 Å². The van der Waals surface area contributed by atoms with E-state index in [1.165, 1.54) is 11.1 Å². The van der Waals surface area contributed by atoms with Crippen LogP contribution >= 0.6 is 0 Å². The Bertz CT molecular complexity index is 350. The van der Waals surface area contributed by atoms with Gasteiger partial charge in [-0.2, -0.15) is 0 Å². The molecule has 0 bridgehead atoms. The third-order valence-electron chi connectivity index (χ3n) is 3.49. The fourth-order valence-corrected chi connectivity index (χ4v) is 2.49. The van der Waals surface area contributed by atoms with Gasteiger partial charge >= 0.3 is 0 Å². The zero-order valence-corrected chi connectivity index (χ0v) is 10.1. The summed E-state index contributed by atoms with van der Waals surface area (Å²) in [4.78, 5) is 0. The van der Waals surface area contributed by atoms with E-state index < -0.39 is 0 Å². The van der Waals surface area contributed by atoms with Crippen LogP contribution in [0.2, 0.25) is 0 Å². The third-order valence-corrected chi connectivity index (χ3v) is 3.49. The minimum Gasteiger partial charge on any atom is -0.392 e. The second kappa shape index (κ2) is 4.98. The molecule has 2 N–H and O–H groups in total. The standard InChI is InChI=1S/C14H21NO/c1-10-5-3-6-12(9-10)11(2)15-13-7-4-8-14(13)16/h3,5-6,9,11,13-16H,4,7-8H2,1-2H3/t11-,13+,14+/m1/s1. The van der Waals surface area contributed by atoms with Crippen molar-refractivity contribution in [3.05, 3.63) is 35.4 Å². The molecule has 16 heavy (non-hydrogen) atoms. The number of aliphatic hydroxyl groups excluding tert-OH is 1. The first-order valence-corrected chi connectivity index (χ1v) is 6.17. The van der Waals surface area contributed by atoms with E-state index >= 15 is 0 Å². The molecular formula is C14H21NO. The van der Waals surface area contributed by atoms with Crippen molar-refractivity contribution in [3.63, 3.8) is 0 Å². The van der Waals surface area contributed by atoms with Crippen molar-refractivity contribution in [3.8, 4) is 0 Å². The highest BCUT2D eigenvalue weighted by molar-refractivity contribution is 5.24. The maximum absolute atomic E-state index is 9.78. The fraction of sp³-hybridized carbons (Fsp3) is 0.571. The number of rotatable bonds is 3. The van der Waals surface area contributed by atoms with Crippen LogP contribution in [-0.2, 0) is 0 Å². The van der Waals surface area contributed by atoms with Gasteiger partial charge < -0.3 is 10.4 Å². The van der Waals surface area contributed by atoms with Gasteiger partial charge in [0.1, 0.15) is 0 Å². The Balaban J connectivity index is 1.99. The van der Waals surface area contributed by atoms with Gasteiger partial charge in [0, 0.05) is 12.1 Å². The second-order valence-electron chi connectivity index (χ2n) is 4.91. The van der Waals surface area contributed by atoms with Crippen LogP contribution in [0.4, 0.5) is 0 Å². The van der Waals surface area contributed by atoms with Gasteiger partial charge in [0.05, 0.1) is 6.10 Å². The molecule has 1 aliphatic rings. The molecule has 0 radical (unpaired) electrons. The molecule has 3 atom stereocenters. The number of nitrogens with one attached hydrogen (secondary N) is 1. The van der Waals surface area contributed by atoms with Crippen molar-refractivity contribution < 1.29 is 5.11 Å². The highest BCUT2D eigenvalue weighted by Crippen LogP contribution is 2.22. The topological polar surface area (TPSA) is 32.3 Å². The van der Waals surface area contributed by atoms with Crippen molar-refractivity contribution in [2.75, 3.05) is 0 Å². The second-order valence-corrected chi connectivity index (χ2v) is 4.91. The highest BCUT2D eigenvalue weighted by atomic mass is 16.3. The van der Waals surface area contributed by atoms with Crippen LogP contribution in [0.1, 0.15) is 43.4 Å². The summed E-state index contributed by atoms with van der Waals surface area (Å²) in [5.74, 6) is 0. The quantitative estimate of drug-likeness (QED) is 0.819. The van der Waals surface area contributed by atoms with E-state index in [9.17, 15) is 5.11 Å². The van der Waals surface area contributed by atoms with Crippen LogP contribution in [0.3, 0.4) is 0 Å². The lowest BCUT2D eigenvalue weighted by Crippen LogP contribution is -2.37. The fourth-order valence-electron chi connectivity index (χ4n) is 2.49. The van der Waals surface area contributed by atoms with E-state index in [0.717, 1.165) is 19.3 Å². The molecule has 0 spiro atoms. The molecule has 1 aromatic rings. The first kappa shape index (κ1) is 11.6. The molecule has 0 amide bonds. The molecule has 2 heteroatoms.